The van der Waals surface area contributed by atoms with E-state index in [1.165, 1.54) is 0 Å². The molecule has 3 unspecified atom stereocenters. The van der Waals surface area contributed by atoms with E-state index in [0.29, 0.717) is 19.3 Å². The van der Waals surface area contributed by atoms with Gasteiger partial charge in [-0.15, -0.1) is 0 Å². The zero-order valence-corrected chi connectivity index (χ0v) is 12.0. The zero-order valence-electron chi connectivity index (χ0n) is 12.0. The lowest BCUT2D eigenvalue weighted by Gasteiger charge is -2.17. The van der Waals surface area contributed by atoms with Gasteiger partial charge in [0.1, 0.15) is 6.04 Å². The topological polar surface area (TPSA) is 75.6 Å². The standard InChI is InChI=1S/C14H25NO4/c1-9(2)8-12(14(17)18)15-13(16)7-6-11-5-4-10(3)19-11/h9-12H,4-8H2,1-3H3,(H,15,16)(H,17,18). The molecule has 5 heteroatoms. The number of aliphatic carboxylic acids is 1. The Morgan fingerprint density at radius 1 is 1.37 bits per heavy atom. The van der Waals surface area contributed by atoms with Gasteiger partial charge in [-0.1, -0.05) is 13.8 Å². The molecule has 0 spiro atoms. The Morgan fingerprint density at radius 3 is 2.53 bits per heavy atom. The highest BCUT2D eigenvalue weighted by molar-refractivity contribution is 5.83. The zero-order chi connectivity index (χ0) is 14.4. The third-order valence-electron chi connectivity index (χ3n) is 3.35. The highest BCUT2D eigenvalue weighted by Crippen LogP contribution is 2.22. The van der Waals surface area contributed by atoms with Crippen molar-refractivity contribution in [3.8, 4) is 0 Å². The van der Waals surface area contributed by atoms with Gasteiger partial charge in [-0.05, 0) is 38.5 Å². The Balaban J connectivity index is 2.30. The first kappa shape index (κ1) is 16.0. The summed E-state index contributed by atoms with van der Waals surface area (Å²) in [6.07, 6.45) is 3.91. The first-order chi connectivity index (χ1) is 8.88. The minimum atomic E-state index is -0.965. The van der Waals surface area contributed by atoms with Crippen molar-refractivity contribution >= 4 is 11.9 Å². The van der Waals surface area contributed by atoms with Crippen molar-refractivity contribution in [1.82, 2.24) is 5.32 Å². The first-order valence-corrected chi connectivity index (χ1v) is 7.06. The van der Waals surface area contributed by atoms with E-state index in [9.17, 15) is 9.59 Å². The molecule has 0 aromatic carbocycles. The van der Waals surface area contributed by atoms with Crippen molar-refractivity contribution in [2.75, 3.05) is 0 Å². The third kappa shape index (κ3) is 6.05. The number of nitrogens with one attached hydrogen (secondary N) is 1. The summed E-state index contributed by atoms with van der Waals surface area (Å²) in [6, 6.07) is -0.782. The lowest BCUT2D eigenvalue weighted by molar-refractivity contribution is -0.142. The number of rotatable bonds is 7. The summed E-state index contributed by atoms with van der Waals surface area (Å²) >= 11 is 0. The lowest BCUT2D eigenvalue weighted by atomic mass is 10.0. The van der Waals surface area contributed by atoms with Crippen LogP contribution in [0.1, 0.15) is 52.9 Å². The summed E-state index contributed by atoms with van der Waals surface area (Å²) < 4.78 is 5.63. The van der Waals surface area contributed by atoms with E-state index in [4.69, 9.17) is 9.84 Å². The van der Waals surface area contributed by atoms with E-state index in [-0.39, 0.29) is 24.0 Å². The van der Waals surface area contributed by atoms with Crippen LogP contribution in [-0.4, -0.2) is 35.2 Å². The number of carbonyl (C=O) groups is 2. The Hall–Kier alpha value is -1.10. The second kappa shape index (κ2) is 7.48. The molecule has 1 heterocycles. The molecule has 0 aliphatic carbocycles. The Bertz CT molecular complexity index is 317. The molecular weight excluding hydrogens is 246 g/mol. The van der Waals surface area contributed by atoms with Crippen LogP contribution in [0.25, 0.3) is 0 Å². The Morgan fingerprint density at radius 2 is 2.05 bits per heavy atom. The second-order valence-corrected chi connectivity index (χ2v) is 5.77. The van der Waals surface area contributed by atoms with Crippen LogP contribution >= 0.6 is 0 Å². The average Bonchev–Trinajstić information content (AvgIpc) is 2.71. The summed E-state index contributed by atoms with van der Waals surface area (Å²) in [5.41, 5.74) is 0. The summed E-state index contributed by atoms with van der Waals surface area (Å²) in [4.78, 5) is 22.8. The van der Waals surface area contributed by atoms with Crippen LogP contribution in [-0.2, 0) is 14.3 Å². The van der Waals surface area contributed by atoms with Gasteiger partial charge in [-0.3, -0.25) is 4.79 Å². The van der Waals surface area contributed by atoms with Crippen molar-refractivity contribution in [3.63, 3.8) is 0 Å². The number of carboxylic acids is 1. The molecule has 0 aromatic heterocycles. The van der Waals surface area contributed by atoms with E-state index in [1.807, 2.05) is 20.8 Å². The fourth-order valence-corrected chi connectivity index (χ4v) is 2.35. The van der Waals surface area contributed by atoms with Gasteiger partial charge in [0.25, 0.3) is 0 Å². The SMILES string of the molecule is CC(C)CC(NC(=O)CCC1CCC(C)O1)C(=O)O. The highest BCUT2D eigenvalue weighted by Gasteiger charge is 2.24. The first-order valence-electron chi connectivity index (χ1n) is 7.06. The Labute approximate surface area is 114 Å². The number of amides is 1. The van der Waals surface area contributed by atoms with Crippen molar-refractivity contribution in [2.45, 2.75) is 71.1 Å². The fraction of sp³-hybridized carbons (Fsp3) is 0.857. The molecule has 2 N–H and O–H groups in total. The average molecular weight is 271 g/mol. The third-order valence-corrected chi connectivity index (χ3v) is 3.35. The second-order valence-electron chi connectivity index (χ2n) is 5.77. The predicted molar refractivity (Wildman–Crippen MR) is 71.8 cm³/mol. The van der Waals surface area contributed by atoms with Gasteiger partial charge in [-0.2, -0.15) is 0 Å². The molecule has 0 saturated carbocycles. The molecule has 19 heavy (non-hydrogen) atoms. The minimum Gasteiger partial charge on any atom is -0.480 e. The monoisotopic (exact) mass is 271 g/mol. The van der Waals surface area contributed by atoms with E-state index in [0.717, 1.165) is 12.8 Å². The molecule has 0 bridgehead atoms. The molecular formula is C14H25NO4. The molecule has 1 fully saturated rings. The molecule has 1 saturated heterocycles. The summed E-state index contributed by atoms with van der Waals surface area (Å²) in [5, 5.41) is 11.6. The molecule has 1 aliphatic rings. The number of hydrogen-bond donors (Lipinski definition) is 2. The van der Waals surface area contributed by atoms with Gasteiger partial charge in [0.2, 0.25) is 5.91 Å². The maximum atomic E-state index is 11.7. The molecule has 1 amide bonds. The van der Waals surface area contributed by atoms with Gasteiger partial charge in [0, 0.05) is 6.42 Å². The van der Waals surface area contributed by atoms with Gasteiger partial charge in [0.15, 0.2) is 0 Å². The quantitative estimate of drug-likeness (QED) is 0.742. The van der Waals surface area contributed by atoms with Crippen LogP contribution in [0.5, 0.6) is 0 Å². The number of ether oxygens (including phenoxy) is 1. The highest BCUT2D eigenvalue weighted by atomic mass is 16.5. The molecule has 1 aliphatic heterocycles. The van der Waals surface area contributed by atoms with Crippen LogP contribution in [0, 0.1) is 5.92 Å². The van der Waals surface area contributed by atoms with Crippen LogP contribution in [0.15, 0.2) is 0 Å². The Kier molecular flexibility index (Phi) is 6.28. The van der Waals surface area contributed by atoms with E-state index in [2.05, 4.69) is 5.32 Å². The van der Waals surface area contributed by atoms with E-state index in [1.54, 1.807) is 0 Å². The molecule has 5 nitrogen and oxygen atoms in total. The van der Waals surface area contributed by atoms with Gasteiger partial charge in [0.05, 0.1) is 12.2 Å². The van der Waals surface area contributed by atoms with Crippen LogP contribution < -0.4 is 5.32 Å². The van der Waals surface area contributed by atoms with Crippen molar-refractivity contribution in [2.24, 2.45) is 5.92 Å². The molecule has 0 radical (unpaired) electrons. The molecule has 0 aromatic rings. The van der Waals surface area contributed by atoms with Crippen LogP contribution in [0.2, 0.25) is 0 Å². The van der Waals surface area contributed by atoms with Gasteiger partial charge in [-0.25, -0.2) is 4.79 Å². The van der Waals surface area contributed by atoms with Crippen molar-refractivity contribution in [3.05, 3.63) is 0 Å². The van der Waals surface area contributed by atoms with Crippen molar-refractivity contribution in [1.29, 1.82) is 0 Å². The van der Waals surface area contributed by atoms with Gasteiger partial charge < -0.3 is 15.2 Å². The summed E-state index contributed by atoms with van der Waals surface area (Å²) in [5.74, 6) is -0.926. The smallest absolute Gasteiger partial charge is 0.326 e. The number of carboxylic acid groups (broad SMARTS) is 1. The molecule has 3 atom stereocenters. The summed E-state index contributed by atoms with van der Waals surface area (Å²) in [6.45, 7) is 5.91. The number of carbonyl (C=O) groups excluding carboxylic acids is 1. The van der Waals surface area contributed by atoms with Crippen molar-refractivity contribution < 1.29 is 19.4 Å². The minimum absolute atomic E-state index is 0.147. The molecule has 110 valence electrons. The lowest BCUT2D eigenvalue weighted by Crippen LogP contribution is -2.41. The molecule has 1 rings (SSSR count). The normalized spacial score (nSPS) is 24.4. The maximum Gasteiger partial charge on any atom is 0.326 e. The van der Waals surface area contributed by atoms with E-state index >= 15 is 0 Å². The summed E-state index contributed by atoms with van der Waals surface area (Å²) in [7, 11) is 0. The largest absolute Gasteiger partial charge is 0.480 e. The maximum absolute atomic E-state index is 11.7. The predicted octanol–water partition coefficient (Wildman–Crippen LogP) is 1.95. The van der Waals surface area contributed by atoms with Crippen LogP contribution in [0.3, 0.4) is 0 Å². The fourth-order valence-electron chi connectivity index (χ4n) is 2.35. The number of hydrogen-bond acceptors (Lipinski definition) is 3. The van der Waals surface area contributed by atoms with Gasteiger partial charge >= 0.3 is 5.97 Å². The van der Waals surface area contributed by atoms with Crippen LogP contribution in [0.4, 0.5) is 0 Å². The van der Waals surface area contributed by atoms with E-state index < -0.39 is 12.0 Å².